The van der Waals surface area contributed by atoms with Crippen LogP contribution in [0.2, 0.25) is 0 Å². The van der Waals surface area contributed by atoms with Gasteiger partial charge in [-0.1, -0.05) is 23.5 Å². The van der Waals surface area contributed by atoms with E-state index in [1.54, 1.807) is 43.5 Å². The fourth-order valence-electron chi connectivity index (χ4n) is 2.87. The Balaban J connectivity index is 1.44. The second kappa shape index (κ2) is 8.44. The van der Waals surface area contributed by atoms with Crippen LogP contribution < -0.4 is 20.4 Å². The fourth-order valence-corrected chi connectivity index (χ4v) is 3.78. The number of nitrogens with one attached hydrogen (secondary N) is 1. The predicted octanol–water partition coefficient (Wildman–Crippen LogP) is 3.22. The van der Waals surface area contributed by atoms with Crippen molar-refractivity contribution in [1.29, 1.82) is 0 Å². The van der Waals surface area contributed by atoms with E-state index in [-0.39, 0.29) is 11.1 Å². The molecule has 0 atom stereocenters. The molecule has 31 heavy (non-hydrogen) atoms. The Morgan fingerprint density at radius 3 is 2.74 bits per heavy atom. The highest BCUT2D eigenvalue weighted by Crippen LogP contribution is 2.29. The van der Waals surface area contributed by atoms with Crippen LogP contribution in [-0.2, 0) is 9.53 Å². The van der Waals surface area contributed by atoms with Crippen molar-refractivity contribution >= 4 is 49.5 Å². The summed E-state index contributed by atoms with van der Waals surface area (Å²) in [7, 11) is 3.00. The lowest BCUT2D eigenvalue weighted by Gasteiger charge is -2.06. The minimum Gasteiger partial charge on any atom is -0.497 e. The van der Waals surface area contributed by atoms with E-state index < -0.39 is 24.1 Å². The number of ether oxygens (including phenoxy) is 3. The molecule has 10 heteroatoms. The number of thiazole rings is 1. The van der Waals surface area contributed by atoms with Crippen LogP contribution in [0.4, 0.5) is 5.13 Å². The van der Waals surface area contributed by atoms with Gasteiger partial charge in [-0.25, -0.2) is 14.6 Å². The molecule has 9 nitrogen and oxygen atoms in total. The molecule has 0 spiro atoms. The number of amides is 1. The van der Waals surface area contributed by atoms with E-state index in [9.17, 15) is 14.4 Å². The summed E-state index contributed by atoms with van der Waals surface area (Å²) in [6, 6.07) is 11.7. The number of aromatic nitrogens is 1. The van der Waals surface area contributed by atoms with Crippen LogP contribution in [0.5, 0.6) is 11.5 Å². The number of esters is 1. The van der Waals surface area contributed by atoms with E-state index in [2.05, 4.69) is 10.3 Å². The lowest BCUT2D eigenvalue weighted by Crippen LogP contribution is -2.23. The van der Waals surface area contributed by atoms with Gasteiger partial charge in [0.05, 0.1) is 24.4 Å². The zero-order chi connectivity index (χ0) is 22.0. The van der Waals surface area contributed by atoms with Gasteiger partial charge in [0.2, 0.25) is 0 Å². The number of fused-ring (bicyclic) bond motifs is 2. The van der Waals surface area contributed by atoms with E-state index in [1.165, 1.54) is 24.5 Å². The second-order valence-corrected chi connectivity index (χ2v) is 7.33. The van der Waals surface area contributed by atoms with E-state index in [1.807, 2.05) is 0 Å². The number of para-hydroxylation sites is 1. The summed E-state index contributed by atoms with van der Waals surface area (Å²) in [5.74, 6) is -0.522. The number of benzene rings is 2. The lowest BCUT2D eigenvalue weighted by molar-refractivity contribution is -0.119. The number of carbonyl (C=O) groups is 2. The van der Waals surface area contributed by atoms with Crippen molar-refractivity contribution in [2.75, 3.05) is 26.1 Å². The molecule has 0 fully saturated rings. The maximum absolute atomic E-state index is 12.3. The highest BCUT2D eigenvalue weighted by molar-refractivity contribution is 7.22. The van der Waals surface area contributed by atoms with Gasteiger partial charge >= 0.3 is 11.6 Å². The third kappa shape index (κ3) is 4.19. The summed E-state index contributed by atoms with van der Waals surface area (Å²) in [6.45, 7) is -0.590. The molecule has 0 bridgehead atoms. The van der Waals surface area contributed by atoms with E-state index in [4.69, 9.17) is 18.6 Å². The molecule has 2 aromatic carbocycles. The maximum atomic E-state index is 12.3. The molecular formula is C21H16N2O7S. The standard InChI is InChI=1S/C21H16N2O7S/c1-27-12-6-7-14-16(9-12)31-21(22-14)23-17(24)10-29-19(25)13-8-11-4-3-5-15(28-2)18(11)30-20(13)26/h3-9H,10H2,1-2H3,(H,22,23,24). The van der Waals surface area contributed by atoms with Crippen molar-refractivity contribution < 1.29 is 28.2 Å². The molecule has 2 heterocycles. The SMILES string of the molecule is COc1ccc2nc(NC(=O)COC(=O)c3cc4cccc(OC)c4oc3=O)sc2c1. The van der Waals surface area contributed by atoms with Gasteiger partial charge in [0.15, 0.2) is 23.1 Å². The molecule has 4 aromatic rings. The van der Waals surface area contributed by atoms with Crippen molar-refractivity contribution in [2.24, 2.45) is 0 Å². The fraction of sp³-hybridized carbons (Fsp3) is 0.143. The first-order chi connectivity index (χ1) is 15.0. The summed E-state index contributed by atoms with van der Waals surface area (Å²) < 4.78 is 21.3. The minimum atomic E-state index is -0.970. The summed E-state index contributed by atoms with van der Waals surface area (Å²) in [6.07, 6.45) is 0. The van der Waals surface area contributed by atoms with Crippen molar-refractivity contribution in [3.8, 4) is 11.5 Å². The number of anilines is 1. The van der Waals surface area contributed by atoms with Crippen molar-refractivity contribution in [1.82, 2.24) is 4.98 Å². The Morgan fingerprint density at radius 2 is 1.97 bits per heavy atom. The first-order valence-corrected chi connectivity index (χ1v) is 9.82. The summed E-state index contributed by atoms with van der Waals surface area (Å²) in [4.78, 5) is 41.0. The minimum absolute atomic E-state index is 0.219. The Labute approximate surface area is 179 Å². The van der Waals surface area contributed by atoms with E-state index in [0.29, 0.717) is 27.5 Å². The summed E-state index contributed by atoms with van der Waals surface area (Å²) in [5.41, 5.74) is -0.290. The molecule has 0 aliphatic heterocycles. The molecule has 1 N–H and O–H groups in total. The smallest absolute Gasteiger partial charge is 0.351 e. The molecule has 0 saturated heterocycles. The zero-order valence-electron chi connectivity index (χ0n) is 16.5. The lowest BCUT2D eigenvalue weighted by atomic mass is 10.2. The highest BCUT2D eigenvalue weighted by atomic mass is 32.1. The molecule has 158 valence electrons. The van der Waals surface area contributed by atoms with E-state index in [0.717, 1.165) is 4.70 Å². The highest BCUT2D eigenvalue weighted by Gasteiger charge is 2.18. The molecule has 0 saturated carbocycles. The molecule has 2 aromatic heterocycles. The molecule has 1 amide bonds. The van der Waals surface area contributed by atoms with Crippen LogP contribution in [-0.4, -0.2) is 37.7 Å². The second-order valence-electron chi connectivity index (χ2n) is 6.30. The van der Waals surface area contributed by atoms with Gasteiger partial charge in [0.1, 0.15) is 11.3 Å². The largest absolute Gasteiger partial charge is 0.497 e. The molecular weight excluding hydrogens is 424 g/mol. The van der Waals surface area contributed by atoms with Gasteiger partial charge in [-0.15, -0.1) is 0 Å². The third-order valence-corrected chi connectivity index (χ3v) is 5.27. The Kier molecular flexibility index (Phi) is 5.54. The average molecular weight is 440 g/mol. The maximum Gasteiger partial charge on any atom is 0.351 e. The number of hydrogen-bond donors (Lipinski definition) is 1. The van der Waals surface area contributed by atoms with Gasteiger partial charge < -0.3 is 18.6 Å². The first-order valence-electron chi connectivity index (χ1n) is 9.01. The van der Waals surface area contributed by atoms with Gasteiger partial charge in [0, 0.05) is 5.39 Å². The van der Waals surface area contributed by atoms with Crippen LogP contribution in [0.1, 0.15) is 10.4 Å². The predicted molar refractivity (Wildman–Crippen MR) is 114 cm³/mol. The Bertz CT molecular complexity index is 1360. The van der Waals surface area contributed by atoms with Gasteiger partial charge in [-0.3, -0.25) is 10.1 Å². The van der Waals surface area contributed by atoms with Gasteiger partial charge in [0.25, 0.3) is 5.91 Å². The van der Waals surface area contributed by atoms with Crippen molar-refractivity contribution in [2.45, 2.75) is 0 Å². The van der Waals surface area contributed by atoms with Crippen LogP contribution >= 0.6 is 11.3 Å². The van der Waals surface area contributed by atoms with Gasteiger partial charge in [-0.05, 0) is 30.3 Å². The first kappa shape index (κ1) is 20.4. The summed E-state index contributed by atoms with van der Waals surface area (Å²) in [5, 5.41) is 3.40. The number of hydrogen-bond acceptors (Lipinski definition) is 9. The number of methoxy groups -OCH3 is 2. The number of rotatable bonds is 6. The van der Waals surface area contributed by atoms with Crippen LogP contribution in [0.25, 0.3) is 21.2 Å². The molecule has 0 unspecified atom stereocenters. The quantitative estimate of drug-likeness (QED) is 0.359. The van der Waals surface area contributed by atoms with Crippen LogP contribution in [0.3, 0.4) is 0 Å². The molecule has 0 aliphatic rings. The van der Waals surface area contributed by atoms with Crippen molar-refractivity contribution in [3.05, 3.63) is 58.4 Å². The average Bonchev–Trinajstić information content (AvgIpc) is 3.17. The normalized spacial score (nSPS) is 10.8. The monoisotopic (exact) mass is 440 g/mol. The number of carbonyl (C=O) groups excluding carboxylic acids is 2. The van der Waals surface area contributed by atoms with Crippen molar-refractivity contribution in [3.63, 3.8) is 0 Å². The molecule has 0 aliphatic carbocycles. The van der Waals surface area contributed by atoms with E-state index >= 15 is 0 Å². The van der Waals surface area contributed by atoms with Crippen LogP contribution in [0, 0.1) is 0 Å². The van der Waals surface area contributed by atoms with Crippen LogP contribution in [0.15, 0.2) is 51.7 Å². The molecule has 0 radical (unpaired) electrons. The number of nitrogens with zero attached hydrogens (tertiary/aromatic N) is 1. The topological polar surface area (TPSA) is 117 Å². The Morgan fingerprint density at radius 1 is 1.13 bits per heavy atom. The molecule has 4 rings (SSSR count). The Hall–Kier alpha value is -3.92. The van der Waals surface area contributed by atoms with Gasteiger partial charge in [-0.2, -0.15) is 0 Å². The third-order valence-electron chi connectivity index (χ3n) is 4.34. The summed E-state index contributed by atoms with van der Waals surface area (Å²) >= 11 is 1.25. The zero-order valence-corrected chi connectivity index (χ0v) is 17.3.